The third-order valence-electron chi connectivity index (χ3n) is 4.83. The van der Waals surface area contributed by atoms with Crippen LogP contribution in [-0.2, 0) is 14.6 Å². The number of hydrogen-bond acceptors (Lipinski definition) is 4. The van der Waals surface area contributed by atoms with Gasteiger partial charge >= 0.3 is 0 Å². The third kappa shape index (κ3) is 6.60. The minimum atomic E-state index is -3.19. The van der Waals surface area contributed by atoms with Gasteiger partial charge in [0.1, 0.15) is 0 Å². The maximum Gasteiger partial charge on any atom is 0.220 e. The van der Waals surface area contributed by atoms with Crippen molar-refractivity contribution in [2.24, 2.45) is 11.8 Å². The second-order valence-electron chi connectivity index (χ2n) is 6.92. The van der Waals surface area contributed by atoms with Crippen molar-refractivity contribution in [3.05, 3.63) is 29.8 Å². The summed E-state index contributed by atoms with van der Waals surface area (Å²) < 4.78 is 23.0. The number of benzene rings is 1. The van der Waals surface area contributed by atoms with Crippen LogP contribution < -0.4 is 10.6 Å². The third-order valence-corrected chi connectivity index (χ3v) is 5.96. The van der Waals surface area contributed by atoms with Crippen LogP contribution in [0.25, 0.3) is 0 Å². The first-order chi connectivity index (χ1) is 11.3. The minimum Gasteiger partial charge on any atom is -0.350 e. The van der Waals surface area contributed by atoms with Gasteiger partial charge in [-0.1, -0.05) is 19.1 Å². The lowest BCUT2D eigenvalue weighted by Crippen LogP contribution is -2.36. The summed E-state index contributed by atoms with van der Waals surface area (Å²) >= 11 is 0. The molecule has 1 aromatic rings. The largest absolute Gasteiger partial charge is 0.350 e. The maximum absolute atomic E-state index is 12.3. The molecular weight excluding hydrogens is 360 g/mol. The Bertz CT molecular complexity index is 655. The maximum atomic E-state index is 12.3. The lowest BCUT2D eigenvalue weighted by molar-refractivity contribution is -0.123. The van der Waals surface area contributed by atoms with Gasteiger partial charge in [-0.05, 0) is 62.4 Å². The number of nitrogens with one attached hydrogen (secondary N) is 2. The van der Waals surface area contributed by atoms with Crippen molar-refractivity contribution < 1.29 is 13.2 Å². The van der Waals surface area contributed by atoms with Crippen LogP contribution in [0.4, 0.5) is 0 Å². The van der Waals surface area contributed by atoms with E-state index in [1.54, 1.807) is 24.3 Å². The number of carbonyl (C=O) groups is 1. The van der Waals surface area contributed by atoms with E-state index in [0.717, 1.165) is 18.7 Å². The van der Waals surface area contributed by atoms with Crippen LogP contribution >= 0.6 is 12.4 Å². The van der Waals surface area contributed by atoms with Crippen LogP contribution in [0.1, 0.15) is 44.7 Å². The average molecular weight is 389 g/mol. The van der Waals surface area contributed by atoms with Crippen molar-refractivity contribution in [2.45, 2.75) is 44.0 Å². The van der Waals surface area contributed by atoms with Crippen LogP contribution in [0.15, 0.2) is 29.2 Å². The van der Waals surface area contributed by atoms with Crippen LogP contribution in [0.5, 0.6) is 0 Å². The Morgan fingerprint density at radius 1 is 1.28 bits per heavy atom. The van der Waals surface area contributed by atoms with Gasteiger partial charge in [0.05, 0.1) is 10.9 Å². The summed E-state index contributed by atoms with van der Waals surface area (Å²) in [5, 5.41) is 6.41. The van der Waals surface area contributed by atoms with E-state index in [4.69, 9.17) is 0 Å². The topological polar surface area (TPSA) is 75.3 Å². The zero-order valence-corrected chi connectivity index (χ0v) is 16.8. The summed E-state index contributed by atoms with van der Waals surface area (Å²) in [6.07, 6.45) is 4.08. The monoisotopic (exact) mass is 388 g/mol. The highest BCUT2D eigenvalue weighted by Gasteiger charge is 2.22. The predicted octanol–water partition coefficient (Wildman–Crippen LogP) is 2.71. The van der Waals surface area contributed by atoms with Crippen molar-refractivity contribution in [1.82, 2.24) is 10.6 Å². The molecule has 7 heteroatoms. The fraction of sp³-hybridized carbons (Fsp3) is 0.611. The Kier molecular flexibility index (Phi) is 8.38. The summed E-state index contributed by atoms with van der Waals surface area (Å²) in [7, 11) is -3.19. The van der Waals surface area contributed by atoms with E-state index in [1.165, 1.54) is 19.1 Å². The van der Waals surface area contributed by atoms with E-state index < -0.39 is 9.84 Å². The van der Waals surface area contributed by atoms with Gasteiger partial charge in [-0.25, -0.2) is 8.42 Å². The molecule has 0 bridgehead atoms. The van der Waals surface area contributed by atoms with Crippen molar-refractivity contribution in [3.8, 4) is 0 Å². The standard InChI is InChI=1S/C18H28N2O3S.ClH/c1-13(16-5-4-10-19-12-16)11-18(21)20-14(2)15-6-8-17(9-7-15)24(3,22)23;/h6-9,13-14,16,19H,4-5,10-12H2,1-3H3,(H,20,21);1H. The number of sulfone groups is 1. The molecule has 0 radical (unpaired) electrons. The number of hydrogen-bond donors (Lipinski definition) is 2. The number of rotatable bonds is 6. The molecule has 3 unspecified atom stereocenters. The number of piperidine rings is 1. The van der Waals surface area contributed by atoms with E-state index in [2.05, 4.69) is 17.6 Å². The number of halogens is 1. The molecule has 2 N–H and O–H groups in total. The first-order valence-electron chi connectivity index (χ1n) is 8.57. The highest BCUT2D eigenvalue weighted by atomic mass is 35.5. The summed E-state index contributed by atoms with van der Waals surface area (Å²) in [5.41, 5.74) is 0.905. The molecule has 1 aliphatic heterocycles. The van der Waals surface area contributed by atoms with Crippen LogP contribution in [0.2, 0.25) is 0 Å². The van der Waals surface area contributed by atoms with Crippen molar-refractivity contribution in [1.29, 1.82) is 0 Å². The fourth-order valence-corrected chi connectivity index (χ4v) is 3.84. The molecule has 5 nitrogen and oxygen atoms in total. The predicted molar refractivity (Wildman–Crippen MR) is 103 cm³/mol. The smallest absolute Gasteiger partial charge is 0.220 e. The molecule has 1 amide bonds. The van der Waals surface area contributed by atoms with Crippen LogP contribution in [-0.4, -0.2) is 33.7 Å². The molecular formula is C18H29ClN2O3S. The molecule has 0 aromatic heterocycles. The molecule has 1 saturated heterocycles. The molecule has 0 aliphatic carbocycles. The Hall–Kier alpha value is -1.11. The van der Waals surface area contributed by atoms with Gasteiger partial charge in [-0.3, -0.25) is 4.79 Å². The SMILES string of the molecule is CC(NC(=O)CC(C)C1CCCNC1)c1ccc(S(C)(=O)=O)cc1.Cl. The zero-order valence-electron chi connectivity index (χ0n) is 15.1. The first-order valence-corrected chi connectivity index (χ1v) is 10.5. The van der Waals surface area contributed by atoms with Gasteiger partial charge in [0.25, 0.3) is 0 Å². The van der Waals surface area contributed by atoms with E-state index in [9.17, 15) is 13.2 Å². The van der Waals surface area contributed by atoms with Gasteiger partial charge in [0.2, 0.25) is 5.91 Å². The Balaban J connectivity index is 0.00000312. The highest BCUT2D eigenvalue weighted by molar-refractivity contribution is 7.90. The zero-order chi connectivity index (χ0) is 17.7. The fourth-order valence-electron chi connectivity index (χ4n) is 3.21. The molecule has 1 aliphatic rings. The summed E-state index contributed by atoms with van der Waals surface area (Å²) in [4.78, 5) is 12.6. The van der Waals surface area contributed by atoms with E-state index >= 15 is 0 Å². The second-order valence-corrected chi connectivity index (χ2v) is 8.93. The van der Waals surface area contributed by atoms with Gasteiger partial charge < -0.3 is 10.6 Å². The number of amides is 1. The van der Waals surface area contributed by atoms with Crippen LogP contribution in [0, 0.1) is 11.8 Å². The molecule has 0 spiro atoms. The first kappa shape index (κ1) is 21.9. The molecule has 1 fully saturated rings. The van der Waals surface area contributed by atoms with E-state index in [1.807, 2.05) is 6.92 Å². The minimum absolute atomic E-state index is 0. The second kappa shape index (κ2) is 9.55. The Morgan fingerprint density at radius 2 is 1.92 bits per heavy atom. The van der Waals surface area contributed by atoms with Gasteiger partial charge in [-0.2, -0.15) is 0 Å². The number of carbonyl (C=O) groups excluding carboxylic acids is 1. The van der Waals surface area contributed by atoms with Gasteiger partial charge in [-0.15, -0.1) is 12.4 Å². The molecule has 25 heavy (non-hydrogen) atoms. The van der Waals surface area contributed by atoms with Gasteiger partial charge in [0, 0.05) is 12.7 Å². The Morgan fingerprint density at radius 3 is 2.44 bits per heavy atom. The molecule has 142 valence electrons. The average Bonchev–Trinajstić information content (AvgIpc) is 2.54. The lowest BCUT2D eigenvalue weighted by atomic mass is 9.85. The summed E-state index contributed by atoms with van der Waals surface area (Å²) in [6, 6.07) is 6.56. The Labute approximate surface area is 157 Å². The molecule has 3 atom stereocenters. The quantitative estimate of drug-likeness (QED) is 0.785. The molecule has 0 saturated carbocycles. The van der Waals surface area contributed by atoms with E-state index in [-0.39, 0.29) is 24.4 Å². The molecule has 1 aromatic carbocycles. The molecule has 1 heterocycles. The highest BCUT2D eigenvalue weighted by Crippen LogP contribution is 2.23. The van der Waals surface area contributed by atoms with Crippen LogP contribution in [0.3, 0.4) is 0 Å². The normalized spacial score (nSPS) is 20.2. The van der Waals surface area contributed by atoms with Gasteiger partial charge in [0.15, 0.2) is 9.84 Å². The van der Waals surface area contributed by atoms with E-state index in [0.29, 0.717) is 23.2 Å². The van der Waals surface area contributed by atoms with Crippen molar-refractivity contribution >= 4 is 28.2 Å². The lowest BCUT2D eigenvalue weighted by Gasteiger charge is -2.28. The van der Waals surface area contributed by atoms with Crippen molar-refractivity contribution in [3.63, 3.8) is 0 Å². The summed E-state index contributed by atoms with van der Waals surface area (Å²) in [6.45, 7) is 6.13. The van der Waals surface area contributed by atoms with Crippen molar-refractivity contribution in [2.75, 3.05) is 19.3 Å². The summed E-state index contributed by atoms with van der Waals surface area (Å²) in [5.74, 6) is 0.972. The molecule has 2 rings (SSSR count).